The van der Waals surface area contributed by atoms with Crippen molar-refractivity contribution in [1.82, 2.24) is 10.2 Å². The van der Waals surface area contributed by atoms with E-state index in [4.69, 9.17) is 23.7 Å². The number of phenols is 1. The van der Waals surface area contributed by atoms with Gasteiger partial charge in [-0.2, -0.15) is 0 Å². The molecule has 2 aliphatic carbocycles. The van der Waals surface area contributed by atoms with Crippen molar-refractivity contribution in [3.05, 3.63) is 71.0 Å². The zero-order valence-electron chi connectivity index (χ0n) is 29.6. The Balaban J connectivity index is 1.24. The summed E-state index contributed by atoms with van der Waals surface area (Å²) in [5, 5.41) is 25.7. The van der Waals surface area contributed by atoms with E-state index in [1.54, 1.807) is 63.2 Å². The molecule has 0 radical (unpaired) electrons. The Labute approximate surface area is 296 Å². The van der Waals surface area contributed by atoms with Crippen molar-refractivity contribution in [2.45, 2.75) is 107 Å². The molecule has 2 bridgehead atoms. The zero-order chi connectivity index (χ0) is 36.7. The predicted octanol–water partition coefficient (Wildman–Crippen LogP) is 4.12. The molecule has 0 unspecified atom stereocenters. The van der Waals surface area contributed by atoms with Crippen LogP contribution in [-0.4, -0.2) is 88.7 Å². The van der Waals surface area contributed by atoms with E-state index in [0.717, 1.165) is 17.5 Å². The molecule has 6 rings (SSSR count). The third-order valence-corrected chi connectivity index (χ3v) is 10.2. The molecule has 1 saturated heterocycles. The van der Waals surface area contributed by atoms with Crippen LogP contribution in [0.1, 0.15) is 82.6 Å². The highest BCUT2D eigenvalue weighted by Gasteiger charge is 2.72. The number of ether oxygens (including phenoxy) is 5. The van der Waals surface area contributed by atoms with Gasteiger partial charge >= 0.3 is 18.1 Å². The molecule has 2 aromatic carbocycles. The molecule has 2 aliphatic heterocycles. The van der Waals surface area contributed by atoms with Gasteiger partial charge in [0.2, 0.25) is 6.10 Å². The van der Waals surface area contributed by atoms with Crippen LogP contribution in [-0.2, 0) is 45.2 Å². The van der Waals surface area contributed by atoms with E-state index in [1.807, 2.05) is 20.0 Å². The predicted molar refractivity (Wildman–Crippen MR) is 182 cm³/mol. The highest BCUT2D eigenvalue weighted by Crippen LogP contribution is 2.65. The summed E-state index contributed by atoms with van der Waals surface area (Å²) < 4.78 is 28.4. The molecule has 6 atom stereocenters. The number of benzene rings is 2. The molecule has 2 heterocycles. The number of carbonyl (C=O) groups excluding carboxylic acids is 4. The molecule has 0 saturated carbocycles. The van der Waals surface area contributed by atoms with Crippen LogP contribution in [0.4, 0.5) is 4.79 Å². The minimum absolute atomic E-state index is 0.0646. The maximum atomic E-state index is 13.7. The number of nitrogens with one attached hydrogen (secondary N) is 1. The lowest BCUT2D eigenvalue weighted by Gasteiger charge is -2.61. The molecule has 274 valence electrons. The summed E-state index contributed by atoms with van der Waals surface area (Å²) in [6.45, 7) is 7.59. The smallest absolute Gasteiger partial charge is 0.504 e. The summed E-state index contributed by atoms with van der Waals surface area (Å²) >= 11 is 0. The second-order valence-electron chi connectivity index (χ2n) is 14.7. The fraction of sp³-hybridized carbons (Fsp3) is 0.526. The quantitative estimate of drug-likeness (QED) is 0.174. The van der Waals surface area contributed by atoms with E-state index in [0.29, 0.717) is 31.4 Å². The number of carbonyl (C=O) groups is 4. The van der Waals surface area contributed by atoms with Crippen molar-refractivity contribution in [3.63, 3.8) is 0 Å². The monoisotopic (exact) mass is 706 g/mol. The molecule has 2 aromatic rings. The molecule has 3 N–H and O–H groups in total. The van der Waals surface area contributed by atoms with Gasteiger partial charge in [-0.3, -0.25) is 9.59 Å². The van der Waals surface area contributed by atoms with Gasteiger partial charge in [0.25, 0.3) is 5.91 Å². The summed E-state index contributed by atoms with van der Waals surface area (Å²) in [5.74, 6) is -2.26. The fourth-order valence-corrected chi connectivity index (χ4v) is 7.91. The van der Waals surface area contributed by atoms with Crippen molar-refractivity contribution in [2.75, 3.05) is 20.2 Å². The van der Waals surface area contributed by atoms with Gasteiger partial charge in [0.15, 0.2) is 17.6 Å². The van der Waals surface area contributed by atoms with Crippen molar-refractivity contribution in [3.8, 4) is 11.5 Å². The molecule has 51 heavy (non-hydrogen) atoms. The van der Waals surface area contributed by atoms with Crippen molar-refractivity contribution in [2.24, 2.45) is 0 Å². The van der Waals surface area contributed by atoms with E-state index in [1.165, 1.54) is 0 Å². The number of nitrogens with zero attached hydrogens (tertiary/aromatic N) is 1. The Morgan fingerprint density at radius 3 is 2.57 bits per heavy atom. The van der Waals surface area contributed by atoms with Gasteiger partial charge in [-0.15, -0.1) is 0 Å². The van der Waals surface area contributed by atoms with Gasteiger partial charge in [-0.05, 0) is 71.3 Å². The standard InChI is InChI=1S/C38H46N2O11/c1-6-7-19-47-34(44)24(39-33(43)30(22-11-9-8-10-12-22)50-35(45)51-36(2,3)4)21-28(42)48-26-15-16-38(46)27-20-23-13-14-25(41)31-29(23)37(38,32(26)49-31)17-18-40(27)5/h8-15,24,27,30,32,41,46H,6-7,16-21H2,1-5H3,(H,39,43)/t24-,27+,30-,32-,37-,38+/m0/s1. The zero-order valence-corrected chi connectivity index (χ0v) is 29.6. The Hall–Kier alpha value is -4.62. The fourth-order valence-electron chi connectivity index (χ4n) is 7.91. The Kier molecular flexibility index (Phi) is 9.81. The lowest BCUT2D eigenvalue weighted by Crippen LogP contribution is -2.74. The van der Waals surface area contributed by atoms with Crippen LogP contribution in [0, 0.1) is 0 Å². The molecular weight excluding hydrogens is 660 g/mol. The number of esters is 2. The maximum Gasteiger partial charge on any atom is 0.509 e. The second kappa shape index (κ2) is 13.8. The summed E-state index contributed by atoms with van der Waals surface area (Å²) in [6.07, 6.45) is 0.000262. The Morgan fingerprint density at radius 2 is 1.86 bits per heavy atom. The molecule has 1 spiro atoms. The molecular formula is C38H46N2O11. The van der Waals surface area contributed by atoms with Crippen LogP contribution in [0.25, 0.3) is 0 Å². The summed E-state index contributed by atoms with van der Waals surface area (Å²) in [7, 11) is 1.97. The van der Waals surface area contributed by atoms with Crippen LogP contribution in [0.15, 0.2) is 54.3 Å². The van der Waals surface area contributed by atoms with Crippen molar-refractivity contribution >= 4 is 24.0 Å². The third kappa shape index (κ3) is 6.64. The van der Waals surface area contributed by atoms with E-state index in [-0.39, 0.29) is 36.3 Å². The second-order valence-corrected chi connectivity index (χ2v) is 14.7. The average molecular weight is 707 g/mol. The molecule has 4 aliphatic rings. The van der Waals surface area contributed by atoms with Crippen molar-refractivity contribution in [1.29, 1.82) is 0 Å². The lowest BCUT2D eigenvalue weighted by molar-refractivity contribution is -0.170. The lowest BCUT2D eigenvalue weighted by atomic mass is 9.50. The SMILES string of the molecule is CCCCOC(=O)[C@H](CC(=O)OC1=CC[C@@]2(O)[C@H]3Cc4ccc(O)c5c4[C@@]2(CCN3C)[C@H]1O5)NC(=O)[C@@H](OC(=O)OC(C)(C)C)c1ccccc1. The minimum Gasteiger partial charge on any atom is -0.504 e. The number of likely N-dealkylation sites (tertiary alicyclic amines) is 1. The number of hydrogen-bond acceptors (Lipinski definition) is 12. The van der Waals surface area contributed by atoms with Crippen LogP contribution in [0.2, 0.25) is 0 Å². The minimum atomic E-state index is -1.52. The average Bonchev–Trinajstić information content (AvgIpc) is 3.43. The van der Waals surface area contributed by atoms with Crippen LogP contribution >= 0.6 is 0 Å². The number of piperidine rings is 1. The van der Waals surface area contributed by atoms with Gasteiger partial charge < -0.3 is 44.1 Å². The number of phenolic OH excluding ortho intramolecular Hbond substituents is 1. The normalized spacial score (nSPS) is 25.6. The first kappa shape index (κ1) is 36.2. The molecule has 13 heteroatoms. The molecule has 0 aromatic heterocycles. The first-order valence-corrected chi connectivity index (χ1v) is 17.5. The van der Waals surface area contributed by atoms with Gasteiger partial charge in [-0.1, -0.05) is 49.7 Å². The van der Waals surface area contributed by atoms with E-state index < -0.39 is 65.3 Å². The number of rotatable bonds is 11. The number of aromatic hydroxyl groups is 1. The first-order chi connectivity index (χ1) is 24.2. The number of aliphatic hydroxyl groups is 1. The van der Waals surface area contributed by atoms with E-state index in [9.17, 15) is 29.4 Å². The summed E-state index contributed by atoms with van der Waals surface area (Å²) in [5.41, 5.74) is -1.13. The summed E-state index contributed by atoms with van der Waals surface area (Å²) in [4.78, 5) is 55.6. The third-order valence-electron chi connectivity index (χ3n) is 10.2. The number of amides is 1. The largest absolute Gasteiger partial charge is 0.509 e. The molecule has 13 nitrogen and oxygen atoms in total. The number of unbranched alkanes of at least 4 members (excludes halogenated alkanes) is 1. The molecule has 1 amide bonds. The maximum absolute atomic E-state index is 13.7. The summed E-state index contributed by atoms with van der Waals surface area (Å²) in [6, 6.07) is 9.89. The van der Waals surface area contributed by atoms with Crippen LogP contribution in [0.5, 0.6) is 11.5 Å². The number of likely N-dealkylation sites (N-methyl/N-ethyl adjacent to an activating group) is 1. The highest BCUT2D eigenvalue weighted by atomic mass is 16.7. The number of hydrogen-bond donors (Lipinski definition) is 3. The highest BCUT2D eigenvalue weighted by molar-refractivity contribution is 5.91. The van der Waals surface area contributed by atoms with E-state index in [2.05, 4.69) is 10.2 Å². The van der Waals surface area contributed by atoms with Gasteiger partial charge in [0.1, 0.15) is 17.4 Å². The van der Waals surface area contributed by atoms with Gasteiger partial charge in [-0.25, -0.2) is 9.59 Å². The van der Waals surface area contributed by atoms with E-state index >= 15 is 0 Å². The van der Waals surface area contributed by atoms with Crippen LogP contribution in [0.3, 0.4) is 0 Å². The van der Waals surface area contributed by atoms with Crippen molar-refractivity contribution < 1.29 is 53.1 Å². The first-order valence-electron chi connectivity index (χ1n) is 17.5. The Morgan fingerprint density at radius 1 is 1.12 bits per heavy atom. The topological polar surface area (TPSA) is 170 Å². The molecule has 1 fully saturated rings. The van der Waals surface area contributed by atoms with Gasteiger partial charge in [0, 0.05) is 23.6 Å². The van der Waals surface area contributed by atoms with Crippen LogP contribution < -0.4 is 10.1 Å². The van der Waals surface area contributed by atoms with Gasteiger partial charge in [0.05, 0.1) is 24.0 Å². The Bertz CT molecular complexity index is 1720.